The van der Waals surface area contributed by atoms with Crippen molar-refractivity contribution in [2.45, 2.75) is 20.8 Å². The van der Waals surface area contributed by atoms with E-state index in [9.17, 15) is 0 Å². The van der Waals surface area contributed by atoms with E-state index in [2.05, 4.69) is 44.8 Å². The third-order valence-corrected chi connectivity index (χ3v) is 4.23. The summed E-state index contributed by atoms with van der Waals surface area (Å²) in [6, 6.07) is 0. The number of aromatic amines is 1. The maximum atomic E-state index is 7.30. The first kappa shape index (κ1) is 15.1. The minimum Gasteiger partial charge on any atom is -0.258 e. The lowest BCUT2D eigenvalue weighted by atomic mass is 10.4. The van der Waals surface area contributed by atoms with Crippen molar-refractivity contribution in [1.29, 1.82) is 0 Å². The Hall–Kier alpha value is -3.46. The van der Waals surface area contributed by atoms with Gasteiger partial charge in [0.2, 0.25) is 5.13 Å². The van der Waals surface area contributed by atoms with Gasteiger partial charge in [-0.2, -0.15) is 28.9 Å². The van der Waals surface area contributed by atoms with Crippen molar-refractivity contribution in [2.24, 2.45) is 10.2 Å². The molecule has 0 radical (unpaired) electrons. The lowest BCUT2D eigenvalue weighted by molar-refractivity contribution is 0.855. The molecule has 4 aromatic rings. The van der Waals surface area contributed by atoms with E-state index in [1.54, 1.807) is 11.4 Å². The molecule has 0 aliphatic rings. The summed E-state index contributed by atoms with van der Waals surface area (Å²) < 4.78 is 7.24. The van der Waals surface area contributed by atoms with Gasteiger partial charge in [-0.15, -0.1) is 10.2 Å². The Morgan fingerprint density at radius 3 is 2.84 bits per heavy atom. The first-order valence-corrected chi connectivity index (χ1v) is 7.94. The molecule has 12 heteroatoms. The third kappa shape index (κ3) is 2.37. The van der Waals surface area contributed by atoms with Crippen LogP contribution in [0.3, 0.4) is 0 Å². The fourth-order valence-corrected chi connectivity index (χ4v) is 2.91. The first-order valence-electron chi connectivity index (χ1n) is 7.16. The summed E-state index contributed by atoms with van der Waals surface area (Å²) in [5, 5.41) is 24.5. The predicted octanol–water partition coefficient (Wildman–Crippen LogP) is 2.99. The van der Waals surface area contributed by atoms with E-state index in [0.717, 1.165) is 5.82 Å². The van der Waals surface area contributed by atoms with Crippen molar-refractivity contribution >= 4 is 34.4 Å². The molecule has 0 spiro atoms. The van der Waals surface area contributed by atoms with Crippen LogP contribution in [0.5, 0.6) is 0 Å². The van der Waals surface area contributed by atoms with Crippen LogP contribution in [-0.2, 0) is 0 Å². The molecule has 4 rings (SSSR count). The van der Waals surface area contributed by atoms with Crippen LogP contribution in [0.2, 0.25) is 0 Å². The standard InChI is InChI=1S/C13H11N11S/c1-6-10(12-20-17-8(3)23(12)21-6)18-19-11-9(14-4)5-15-24(11)13-16-7(2)22-25-13/h5,20H,1-3H3/b19-18+. The average Bonchev–Trinajstić information content (AvgIpc) is 3.33. The van der Waals surface area contributed by atoms with E-state index in [1.165, 1.54) is 22.4 Å². The van der Waals surface area contributed by atoms with Gasteiger partial charge in [-0.3, -0.25) is 5.10 Å². The zero-order valence-electron chi connectivity index (χ0n) is 13.5. The van der Waals surface area contributed by atoms with Crippen LogP contribution in [0.1, 0.15) is 17.3 Å². The lowest BCUT2D eigenvalue weighted by Gasteiger charge is -1.97. The fourth-order valence-electron chi connectivity index (χ4n) is 2.27. The van der Waals surface area contributed by atoms with Crippen molar-refractivity contribution in [2.75, 3.05) is 0 Å². The van der Waals surface area contributed by atoms with Crippen molar-refractivity contribution in [3.63, 3.8) is 0 Å². The summed E-state index contributed by atoms with van der Waals surface area (Å²) >= 11 is 1.18. The number of H-pyrrole nitrogens is 1. The Bertz CT molecular complexity index is 1150. The fraction of sp³-hybridized carbons (Fsp3) is 0.231. The van der Waals surface area contributed by atoms with Gasteiger partial charge in [-0.25, -0.2) is 9.83 Å². The average molecular weight is 353 g/mol. The summed E-state index contributed by atoms with van der Waals surface area (Å²) in [6.07, 6.45) is 1.43. The lowest BCUT2D eigenvalue weighted by Crippen LogP contribution is -1.94. The van der Waals surface area contributed by atoms with Gasteiger partial charge in [-0.05, 0) is 20.8 Å². The largest absolute Gasteiger partial charge is 0.258 e. The molecule has 25 heavy (non-hydrogen) atoms. The molecule has 0 saturated carbocycles. The number of rotatable bonds is 3. The Labute approximate surface area is 145 Å². The Morgan fingerprint density at radius 2 is 2.12 bits per heavy atom. The van der Waals surface area contributed by atoms with Crippen molar-refractivity contribution in [3.8, 4) is 5.13 Å². The van der Waals surface area contributed by atoms with Crippen LogP contribution in [0, 0.1) is 27.3 Å². The van der Waals surface area contributed by atoms with Crippen LogP contribution in [0.4, 0.5) is 17.2 Å². The van der Waals surface area contributed by atoms with Gasteiger partial charge in [0.25, 0.3) is 5.69 Å². The zero-order valence-corrected chi connectivity index (χ0v) is 14.3. The van der Waals surface area contributed by atoms with E-state index in [1.807, 2.05) is 13.8 Å². The Kier molecular flexibility index (Phi) is 3.36. The summed E-state index contributed by atoms with van der Waals surface area (Å²) in [4.78, 5) is 7.72. The molecule has 4 aromatic heterocycles. The number of fused-ring (bicyclic) bond motifs is 1. The highest BCUT2D eigenvalue weighted by Gasteiger charge is 2.17. The highest BCUT2D eigenvalue weighted by molar-refractivity contribution is 7.08. The molecule has 0 aliphatic heterocycles. The first-order chi connectivity index (χ1) is 12.1. The highest BCUT2D eigenvalue weighted by atomic mass is 32.1. The molecule has 0 fully saturated rings. The van der Waals surface area contributed by atoms with Crippen LogP contribution in [0.15, 0.2) is 16.4 Å². The number of hydrogen-bond acceptors (Lipinski definition) is 8. The topological polar surface area (TPSA) is 119 Å². The van der Waals surface area contributed by atoms with Gasteiger partial charge in [0.05, 0.1) is 18.5 Å². The number of azo groups is 1. The minimum absolute atomic E-state index is 0.276. The number of aryl methyl sites for hydroxylation is 3. The van der Waals surface area contributed by atoms with E-state index in [0.29, 0.717) is 33.8 Å². The second-order valence-corrected chi connectivity index (χ2v) is 5.90. The second-order valence-electron chi connectivity index (χ2n) is 5.17. The number of nitrogens with zero attached hydrogens (tertiary/aromatic N) is 10. The molecule has 0 saturated heterocycles. The maximum absolute atomic E-state index is 7.30. The van der Waals surface area contributed by atoms with Gasteiger partial charge >= 0.3 is 0 Å². The molecule has 124 valence electrons. The Morgan fingerprint density at radius 1 is 1.28 bits per heavy atom. The highest BCUT2D eigenvalue weighted by Crippen LogP contribution is 2.33. The summed E-state index contributed by atoms with van der Waals surface area (Å²) in [5.74, 6) is 1.64. The van der Waals surface area contributed by atoms with E-state index in [-0.39, 0.29) is 5.69 Å². The summed E-state index contributed by atoms with van der Waals surface area (Å²) in [5.41, 5.74) is 2.17. The van der Waals surface area contributed by atoms with Crippen molar-refractivity contribution in [3.05, 3.63) is 35.0 Å². The van der Waals surface area contributed by atoms with Crippen LogP contribution < -0.4 is 0 Å². The molecular weight excluding hydrogens is 342 g/mol. The van der Waals surface area contributed by atoms with Crippen molar-refractivity contribution in [1.82, 2.24) is 38.9 Å². The van der Waals surface area contributed by atoms with Crippen molar-refractivity contribution < 1.29 is 0 Å². The molecule has 1 N–H and O–H groups in total. The molecule has 0 unspecified atom stereocenters. The summed E-state index contributed by atoms with van der Waals surface area (Å²) in [7, 11) is 0. The molecule has 0 bridgehead atoms. The quantitative estimate of drug-likeness (QED) is 0.448. The molecule has 11 nitrogen and oxygen atoms in total. The zero-order chi connectivity index (χ0) is 17.6. The molecule has 0 amide bonds. The monoisotopic (exact) mass is 353 g/mol. The van der Waals surface area contributed by atoms with Gasteiger partial charge in [0, 0.05) is 11.5 Å². The van der Waals surface area contributed by atoms with Gasteiger partial charge < -0.3 is 0 Å². The SMILES string of the molecule is [C-]#[N+]c1cnn(-c2nc(C)ns2)c1/N=N/c1c(C)nn2c(C)n[nH]c12. The number of nitrogens with one attached hydrogen (secondary N) is 1. The third-order valence-electron chi connectivity index (χ3n) is 3.45. The van der Waals surface area contributed by atoms with E-state index >= 15 is 0 Å². The predicted molar refractivity (Wildman–Crippen MR) is 89.0 cm³/mol. The van der Waals surface area contributed by atoms with Crippen LogP contribution in [0.25, 0.3) is 15.6 Å². The maximum Gasteiger partial charge on any atom is 0.252 e. The van der Waals surface area contributed by atoms with Crippen LogP contribution >= 0.6 is 11.5 Å². The smallest absolute Gasteiger partial charge is 0.252 e. The molecule has 0 aromatic carbocycles. The molecule has 4 heterocycles. The van der Waals surface area contributed by atoms with E-state index in [4.69, 9.17) is 6.57 Å². The van der Waals surface area contributed by atoms with Gasteiger partial charge in [0.1, 0.15) is 11.6 Å². The van der Waals surface area contributed by atoms with Gasteiger partial charge in [0.15, 0.2) is 17.2 Å². The molecule has 0 atom stereocenters. The van der Waals surface area contributed by atoms with Gasteiger partial charge in [-0.1, -0.05) is 0 Å². The molecule has 0 aliphatic carbocycles. The number of hydrogen-bond donors (Lipinski definition) is 1. The summed E-state index contributed by atoms with van der Waals surface area (Å²) in [6.45, 7) is 12.7. The van der Waals surface area contributed by atoms with Crippen LogP contribution in [-0.4, -0.2) is 38.9 Å². The van der Waals surface area contributed by atoms with E-state index < -0.39 is 0 Å². The normalized spacial score (nSPS) is 11.6. The Balaban J connectivity index is 1.82. The minimum atomic E-state index is 0.276. The molecular formula is C13H11N11S. The second kappa shape index (κ2) is 5.56. The number of aromatic nitrogens is 8.